The normalized spacial score (nSPS) is 13.4. The molecule has 0 saturated heterocycles. The van der Waals surface area contributed by atoms with Gasteiger partial charge in [0.25, 0.3) is 0 Å². The molecule has 0 saturated carbocycles. The fraction of sp³-hybridized carbons (Fsp3) is 0.400. The molecule has 0 bridgehead atoms. The number of hydrogen-bond donors (Lipinski definition) is 1. The molecule has 0 aliphatic rings. The maximum absolute atomic E-state index is 13.2. The van der Waals surface area contributed by atoms with Crippen molar-refractivity contribution in [2.75, 3.05) is 26.1 Å². The minimum atomic E-state index is -4.01. The molecule has 0 radical (unpaired) electrons. The number of ether oxygens (including phenoxy) is 3. The molecular weight excluding hydrogens is 455 g/mol. The summed E-state index contributed by atoms with van der Waals surface area (Å²) in [4.78, 5) is 7.80. The molecule has 0 unspecified atom stereocenters. The highest BCUT2D eigenvalue weighted by Gasteiger charge is 2.32. The Morgan fingerprint density at radius 1 is 1.06 bits per heavy atom. The van der Waals surface area contributed by atoms with Crippen LogP contribution in [0.25, 0.3) is 5.69 Å². The Labute approximate surface area is 191 Å². The summed E-state index contributed by atoms with van der Waals surface area (Å²) in [5.74, 6) is 0.00990. The first-order valence-electron chi connectivity index (χ1n) is 9.87. The van der Waals surface area contributed by atoms with E-state index >= 15 is 0 Å². The van der Waals surface area contributed by atoms with Crippen LogP contribution in [0.1, 0.15) is 31.4 Å². The van der Waals surface area contributed by atoms with Gasteiger partial charge in [-0.05, 0) is 19.1 Å². The molecule has 0 amide bonds. The van der Waals surface area contributed by atoms with Crippen molar-refractivity contribution in [3.8, 4) is 17.2 Å². The number of benzene rings is 1. The monoisotopic (exact) mass is 480 g/mol. The van der Waals surface area contributed by atoms with E-state index in [0.717, 1.165) is 12.4 Å². The number of sulfonamides is 1. The SMILES string of the molecule is COCc1nnc(NS(=O)(=O)[C@@H](C)[C@H](C)c2ncc(F)cn2)n1-c1c(OC)cccc1OC. The van der Waals surface area contributed by atoms with E-state index in [2.05, 4.69) is 24.9 Å². The standard InChI is InChI=1S/C20H25FN6O5S/c1-12(19-22-9-14(21)10-23-19)13(2)33(28,29)26-20-25-24-17(11-30-3)27(20)18-15(31-4)7-6-8-16(18)32-5/h6-10,12-13H,11H2,1-5H3,(H,25,26)/t12-,13-/m0/s1. The molecule has 0 aliphatic carbocycles. The highest BCUT2D eigenvalue weighted by atomic mass is 32.2. The fourth-order valence-electron chi connectivity index (χ4n) is 3.15. The van der Waals surface area contributed by atoms with Crippen LogP contribution in [0.2, 0.25) is 0 Å². The number of para-hydroxylation sites is 1. The lowest BCUT2D eigenvalue weighted by molar-refractivity contribution is 0.176. The Hall–Kier alpha value is -3.32. The van der Waals surface area contributed by atoms with Crippen molar-refractivity contribution in [1.82, 2.24) is 24.7 Å². The van der Waals surface area contributed by atoms with E-state index in [0.29, 0.717) is 23.0 Å². The van der Waals surface area contributed by atoms with Gasteiger partial charge in [0.1, 0.15) is 29.6 Å². The van der Waals surface area contributed by atoms with Gasteiger partial charge in [-0.3, -0.25) is 9.29 Å². The number of nitrogens with zero attached hydrogens (tertiary/aromatic N) is 5. The smallest absolute Gasteiger partial charge is 0.243 e. The number of rotatable bonds is 10. The molecule has 2 atom stereocenters. The van der Waals surface area contributed by atoms with E-state index < -0.39 is 27.0 Å². The average molecular weight is 481 g/mol. The zero-order valence-electron chi connectivity index (χ0n) is 18.8. The molecule has 0 fully saturated rings. The Morgan fingerprint density at radius 2 is 1.67 bits per heavy atom. The van der Waals surface area contributed by atoms with Gasteiger partial charge in [-0.2, -0.15) is 0 Å². The van der Waals surface area contributed by atoms with E-state index in [1.807, 2.05) is 0 Å². The van der Waals surface area contributed by atoms with Crippen LogP contribution >= 0.6 is 0 Å². The number of methoxy groups -OCH3 is 3. The summed E-state index contributed by atoms with van der Waals surface area (Å²) in [6.07, 6.45) is 1.99. The van der Waals surface area contributed by atoms with Crippen molar-refractivity contribution in [3.05, 3.63) is 48.1 Å². The Bertz CT molecular complexity index is 1180. The summed E-state index contributed by atoms with van der Waals surface area (Å²) in [5, 5.41) is 7.11. The first-order chi connectivity index (χ1) is 15.7. The zero-order valence-corrected chi connectivity index (χ0v) is 19.6. The van der Waals surface area contributed by atoms with Gasteiger partial charge in [0.15, 0.2) is 11.6 Å². The summed E-state index contributed by atoms with van der Waals surface area (Å²) in [5.41, 5.74) is 0.403. The van der Waals surface area contributed by atoms with Gasteiger partial charge in [-0.15, -0.1) is 10.2 Å². The van der Waals surface area contributed by atoms with Gasteiger partial charge in [0, 0.05) is 13.0 Å². The third-order valence-electron chi connectivity index (χ3n) is 5.10. The molecule has 2 aromatic heterocycles. The summed E-state index contributed by atoms with van der Waals surface area (Å²) in [6, 6.07) is 5.13. The lowest BCUT2D eigenvalue weighted by Crippen LogP contribution is -2.31. The molecule has 13 heteroatoms. The summed E-state index contributed by atoms with van der Waals surface area (Å²) in [7, 11) is 0.431. The van der Waals surface area contributed by atoms with Crippen LogP contribution in [-0.2, 0) is 21.4 Å². The second-order valence-corrected chi connectivity index (χ2v) is 9.16. The molecule has 0 aliphatic heterocycles. The first kappa shape index (κ1) is 24.3. The van der Waals surface area contributed by atoms with Crippen LogP contribution in [0.4, 0.5) is 10.3 Å². The minimum Gasteiger partial charge on any atom is -0.494 e. The van der Waals surface area contributed by atoms with Crippen molar-refractivity contribution in [1.29, 1.82) is 0 Å². The van der Waals surface area contributed by atoms with Crippen LogP contribution in [0, 0.1) is 5.82 Å². The van der Waals surface area contributed by atoms with Gasteiger partial charge >= 0.3 is 0 Å². The van der Waals surface area contributed by atoms with Gasteiger partial charge in [-0.1, -0.05) is 13.0 Å². The van der Waals surface area contributed by atoms with Crippen LogP contribution in [0.5, 0.6) is 11.5 Å². The van der Waals surface area contributed by atoms with Gasteiger partial charge in [-0.25, -0.2) is 22.8 Å². The zero-order chi connectivity index (χ0) is 24.2. The predicted octanol–water partition coefficient (Wildman–Crippen LogP) is 2.29. The summed E-state index contributed by atoms with van der Waals surface area (Å²) in [6.45, 7) is 3.19. The van der Waals surface area contributed by atoms with E-state index in [4.69, 9.17) is 14.2 Å². The van der Waals surface area contributed by atoms with Gasteiger partial charge < -0.3 is 14.2 Å². The molecule has 178 valence electrons. The Balaban J connectivity index is 2.04. The molecular formula is C20H25FN6O5S. The quantitative estimate of drug-likeness (QED) is 0.464. The van der Waals surface area contributed by atoms with Crippen molar-refractivity contribution >= 4 is 16.0 Å². The fourth-order valence-corrected chi connectivity index (χ4v) is 4.38. The number of nitrogens with one attached hydrogen (secondary N) is 1. The molecule has 33 heavy (non-hydrogen) atoms. The minimum absolute atomic E-state index is 0.0469. The Kier molecular flexibility index (Phi) is 7.43. The second-order valence-electron chi connectivity index (χ2n) is 7.12. The highest BCUT2D eigenvalue weighted by Crippen LogP contribution is 2.35. The molecule has 0 spiro atoms. The topological polar surface area (TPSA) is 130 Å². The van der Waals surface area contributed by atoms with E-state index in [9.17, 15) is 12.8 Å². The van der Waals surface area contributed by atoms with Crippen molar-refractivity contribution in [2.24, 2.45) is 0 Å². The largest absolute Gasteiger partial charge is 0.494 e. The summed E-state index contributed by atoms with van der Waals surface area (Å²) >= 11 is 0. The maximum Gasteiger partial charge on any atom is 0.243 e. The number of hydrogen-bond acceptors (Lipinski definition) is 9. The molecule has 3 rings (SSSR count). The molecule has 11 nitrogen and oxygen atoms in total. The van der Waals surface area contributed by atoms with E-state index in [1.165, 1.54) is 32.8 Å². The number of halogens is 1. The van der Waals surface area contributed by atoms with Crippen LogP contribution < -0.4 is 14.2 Å². The first-order valence-corrected chi connectivity index (χ1v) is 11.4. The number of aromatic nitrogens is 5. The van der Waals surface area contributed by atoms with Crippen molar-refractivity contribution in [2.45, 2.75) is 31.6 Å². The lowest BCUT2D eigenvalue weighted by Gasteiger charge is -2.21. The molecule has 1 aromatic carbocycles. The van der Waals surface area contributed by atoms with Crippen LogP contribution in [0.3, 0.4) is 0 Å². The second kappa shape index (κ2) is 10.1. The highest BCUT2D eigenvalue weighted by molar-refractivity contribution is 7.93. The third-order valence-corrected chi connectivity index (χ3v) is 6.96. The Morgan fingerprint density at radius 3 is 2.21 bits per heavy atom. The van der Waals surface area contributed by atoms with Crippen molar-refractivity contribution in [3.63, 3.8) is 0 Å². The average Bonchev–Trinajstić information content (AvgIpc) is 3.18. The lowest BCUT2D eigenvalue weighted by atomic mass is 10.1. The van der Waals surface area contributed by atoms with Crippen LogP contribution in [-0.4, -0.2) is 59.7 Å². The van der Waals surface area contributed by atoms with Gasteiger partial charge in [0.05, 0.1) is 31.9 Å². The molecule has 2 heterocycles. The molecule has 3 aromatic rings. The van der Waals surface area contributed by atoms with Crippen molar-refractivity contribution < 1.29 is 27.0 Å². The molecule has 1 N–H and O–H groups in total. The maximum atomic E-state index is 13.2. The van der Waals surface area contributed by atoms with E-state index in [-0.39, 0.29) is 18.4 Å². The van der Waals surface area contributed by atoms with Gasteiger partial charge in [0.2, 0.25) is 16.0 Å². The van der Waals surface area contributed by atoms with Crippen LogP contribution in [0.15, 0.2) is 30.6 Å². The van der Waals surface area contributed by atoms with E-state index in [1.54, 1.807) is 25.1 Å². The number of anilines is 1. The predicted molar refractivity (Wildman–Crippen MR) is 118 cm³/mol. The third kappa shape index (κ3) is 5.03. The summed E-state index contributed by atoms with van der Waals surface area (Å²) < 4.78 is 59.7.